The predicted octanol–water partition coefficient (Wildman–Crippen LogP) is 1.13. The zero-order chi connectivity index (χ0) is 21.7. The summed E-state index contributed by atoms with van der Waals surface area (Å²) in [6, 6.07) is 5.14. The number of urea groups is 1. The van der Waals surface area contributed by atoms with Crippen molar-refractivity contribution in [1.29, 1.82) is 0 Å². The fraction of sp³-hybridized carbons (Fsp3) is 0.294. The van der Waals surface area contributed by atoms with Gasteiger partial charge >= 0.3 is 12.0 Å². The highest BCUT2D eigenvalue weighted by Crippen LogP contribution is 2.24. The van der Waals surface area contributed by atoms with E-state index in [1.807, 2.05) is 0 Å². The number of carboxylic acids is 1. The van der Waals surface area contributed by atoms with E-state index in [-0.39, 0.29) is 17.5 Å². The van der Waals surface area contributed by atoms with E-state index < -0.39 is 38.8 Å². The molecule has 12 nitrogen and oxygen atoms in total. The molecule has 2 aromatic rings. The normalized spacial score (nSPS) is 14.7. The summed E-state index contributed by atoms with van der Waals surface area (Å²) in [5.41, 5.74) is -0.208. The largest absolute Gasteiger partial charge is 0.481 e. The van der Waals surface area contributed by atoms with Gasteiger partial charge in [-0.3, -0.25) is 5.32 Å². The lowest BCUT2D eigenvalue weighted by molar-refractivity contribution is -0.185. The third kappa shape index (κ3) is 5.00. The fourth-order valence-corrected chi connectivity index (χ4v) is 3.67. The maximum Gasteiger partial charge on any atom is 0.337 e. The smallest absolute Gasteiger partial charge is 0.337 e. The molecule has 160 valence electrons. The number of rotatable bonds is 6. The summed E-state index contributed by atoms with van der Waals surface area (Å²) in [6.07, 6.45) is -0.0625. The van der Waals surface area contributed by atoms with Gasteiger partial charge in [0.2, 0.25) is 18.1 Å². The van der Waals surface area contributed by atoms with Crippen LogP contribution in [0.4, 0.5) is 10.7 Å². The number of carboxylic acid groups (broad SMARTS) is 1. The number of hydrogen-bond acceptors (Lipinski definition) is 9. The summed E-state index contributed by atoms with van der Waals surface area (Å²) in [6.45, 7) is 0.920. The summed E-state index contributed by atoms with van der Waals surface area (Å²) >= 11 is 0. The van der Waals surface area contributed by atoms with E-state index in [4.69, 9.17) is 19.3 Å². The molecule has 0 atom stereocenters. The van der Waals surface area contributed by atoms with Crippen LogP contribution >= 0.6 is 0 Å². The monoisotopic (exact) mass is 438 g/mol. The highest BCUT2D eigenvalue weighted by molar-refractivity contribution is 7.90. The third-order valence-corrected chi connectivity index (χ3v) is 5.25. The predicted molar refractivity (Wildman–Crippen MR) is 101 cm³/mol. The molecule has 2 amide bonds. The number of ether oxygens (including phenoxy) is 3. The maximum atomic E-state index is 12.5. The molecule has 3 N–H and O–H groups in total. The number of nitrogens with zero attached hydrogens (tertiary/aromatic N) is 2. The van der Waals surface area contributed by atoms with Crippen LogP contribution in [0.15, 0.2) is 35.2 Å². The molecule has 30 heavy (non-hydrogen) atoms. The zero-order valence-electron chi connectivity index (χ0n) is 15.7. The van der Waals surface area contributed by atoms with Crippen LogP contribution in [-0.2, 0) is 19.5 Å². The Morgan fingerprint density at radius 1 is 1.20 bits per heavy atom. The summed E-state index contributed by atoms with van der Waals surface area (Å²) in [5.74, 6) is -1.63. The number of aromatic nitrogens is 2. The van der Waals surface area contributed by atoms with Crippen molar-refractivity contribution in [1.82, 2.24) is 14.7 Å². The van der Waals surface area contributed by atoms with Crippen LogP contribution in [0, 0.1) is 0 Å². The number of hydrogen-bond donors (Lipinski definition) is 3. The Morgan fingerprint density at radius 3 is 2.57 bits per heavy atom. The Bertz CT molecular complexity index is 1050. The van der Waals surface area contributed by atoms with Crippen molar-refractivity contribution in [2.45, 2.75) is 17.6 Å². The molecule has 0 bridgehead atoms. The first-order valence-electron chi connectivity index (χ1n) is 8.62. The minimum absolute atomic E-state index is 0.0900. The Hall–Kier alpha value is -3.29. The number of benzene rings is 1. The number of carbonyl (C=O) groups excluding carboxylic acids is 1. The van der Waals surface area contributed by atoms with Gasteiger partial charge in [-0.15, -0.1) is 0 Å². The van der Waals surface area contributed by atoms with Gasteiger partial charge in [0.05, 0.1) is 25.9 Å². The second-order valence-electron chi connectivity index (χ2n) is 5.95. The number of nitrogens with one attached hydrogen (secondary N) is 2. The molecule has 1 aromatic heterocycles. The lowest BCUT2D eigenvalue weighted by atomic mass is 10.2. The highest BCUT2D eigenvalue weighted by Gasteiger charge is 2.25. The van der Waals surface area contributed by atoms with E-state index in [0.29, 0.717) is 13.2 Å². The average Bonchev–Trinajstić information content (AvgIpc) is 2.73. The lowest BCUT2D eigenvalue weighted by Crippen LogP contribution is -2.35. The number of sulfonamides is 1. The van der Waals surface area contributed by atoms with Crippen LogP contribution in [0.5, 0.6) is 5.88 Å². The van der Waals surface area contributed by atoms with E-state index >= 15 is 0 Å². The molecular weight excluding hydrogens is 420 g/mol. The molecule has 13 heteroatoms. The summed E-state index contributed by atoms with van der Waals surface area (Å²) < 4.78 is 42.6. The Labute approximate surface area is 171 Å². The summed E-state index contributed by atoms with van der Waals surface area (Å²) in [4.78, 5) is 30.9. The summed E-state index contributed by atoms with van der Waals surface area (Å²) in [7, 11) is -3.13. The molecule has 0 saturated carbocycles. The number of aromatic carboxylic acids is 1. The van der Waals surface area contributed by atoms with E-state index in [0.717, 1.165) is 18.6 Å². The van der Waals surface area contributed by atoms with E-state index in [1.165, 1.54) is 25.3 Å². The molecule has 3 rings (SSSR count). The van der Waals surface area contributed by atoms with Crippen LogP contribution in [0.1, 0.15) is 28.8 Å². The molecule has 1 aromatic carbocycles. The van der Waals surface area contributed by atoms with E-state index in [1.54, 1.807) is 4.72 Å². The second kappa shape index (κ2) is 9.02. The van der Waals surface area contributed by atoms with Gasteiger partial charge in [-0.05, 0) is 18.6 Å². The highest BCUT2D eigenvalue weighted by atomic mass is 32.2. The van der Waals surface area contributed by atoms with Crippen LogP contribution in [0.3, 0.4) is 0 Å². The van der Waals surface area contributed by atoms with Crippen molar-refractivity contribution in [3.05, 3.63) is 41.6 Å². The molecule has 1 aliphatic rings. The van der Waals surface area contributed by atoms with Crippen molar-refractivity contribution in [3.63, 3.8) is 0 Å². The Kier molecular flexibility index (Phi) is 6.44. The van der Waals surface area contributed by atoms with Crippen LogP contribution < -0.4 is 14.8 Å². The van der Waals surface area contributed by atoms with Crippen molar-refractivity contribution in [2.75, 3.05) is 25.6 Å². The van der Waals surface area contributed by atoms with Crippen LogP contribution in [0.2, 0.25) is 0 Å². The van der Waals surface area contributed by atoms with Gasteiger partial charge in [0, 0.05) is 6.07 Å². The first-order valence-corrected chi connectivity index (χ1v) is 10.1. The quantitative estimate of drug-likeness (QED) is 0.595. The number of anilines is 1. The summed E-state index contributed by atoms with van der Waals surface area (Å²) in [5, 5.41) is 11.3. The number of methoxy groups -OCH3 is 1. The molecular formula is C17H18N4O8S. The van der Waals surface area contributed by atoms with E-state index in [9.17, 15) is 18.0 Å². The zero-order valence-corrected chi connectivity index (χ0v) is 16.5. The minimum atomic E-state index is -4.48. The molecule has 0 radical (unpaired) electrons. The Balaban J connectivity index is 1.79. The topological polar surface area (TPSA) is 166 Å². The van der Waals surface area contributed by atoms with Gasteiger partial charge < -0.3 is 19.3 Å². The molecule has 1 aliphatic heterocycles. The fourth-order valence-electron chi connectivity index (χ4n) is 2.56. The van der Waals surface area contributed by atoms with Crippen molar-refractivity contribution in [2.24, 2.45) is 0 Å². The van der Waals surface area contributed by atoms with Crippen molar-refractivity contribution in [3.8, 4) is 5.88 Å². The molecule has 2 heterocycles. The first kappa shape index (κ1) is 21.4. The third-order valence-electron chi connectivity index (χ3n) is 3.86. The first-order chi connectivity index (χ1) is 14.3. The standard InChI is InChI=1S/C17H18N4O8S/c1-27-13-9-11(15-28-7-4-8-29-15)18-16(19-13)20-17(24)21-30(25,26)12-6-3-2-5-10(12)14(22)23/h2-3,5-6,9,15H,4,7-8H2,1H3,(H,22,23)(H2,18,19,20,21,24). The van der Waals surface area contributed by atoms with Crippen LogP contribution in [-0.4, -0.2) is 55.8 Å². The SMILES string of the molecule is COc1cc(C2OCCCO2)nc(NC(=O)NS(=O)(=O)c2ccccc2C(=O)O)n1. The molecule has 0 spiro atoms. The second-order valence-corrected chi connectivity index (χ2v) is 7.60. The van der Waals surface area contributed by atoms with Gasteiger partial charge in [-0.25, -0.2) is 27.7 Å². The van der Waals surface area contributed by atoms with E-state index in [2.05, 4.69) is 15.3 Å². The van der Waals surface area contributed by atoms with Crippen LogP contribution in [0.25, 0.3) is 0 Å². The molecule has 1 saturated heterocycles. The minimum Gasteiger partial charge on any atom is -0.481 e. The molecule has 1 fully saturated rings. The number of amides is 2. The van der Waals surface area contributed by atoms with Gasteiger partial charge in [0.15, 0.2) is 0 Å². The van der Waals surface area contributed by atoms with Gasteiger partial charge in [0.25, 0.3) is 10.0 Å². The average molecular weight is 438 g/mol. The lowest BCUT2D eigenvalue weighted by Gasteiger charge is -2.23. The Morgan fingerprint density at radius 2 is 1.90 bits per heavy atom. The van der Waals surface area contributed by atoms with Gasteiger partial charge in [0.1, 0.15) is 10.6 Å². The maximum absolute atomic E-state index is 12.5. The molecule has 0 aliphatic carbocycles. The number of carbonyl (C=O) groups is 2. The van der Waals surface area contributed by atoms with Crippen molar-refractivity contribution >= 4 is 28.0 Å². The van der Waals surface area contributed by atoms with Crippen molar-refractivity contribution < 1.29 is 37.3 Å². The molecule has 0 unspecified atom stereocenters. The van der Waals surface area contributed by atoms with Gasteiger partial charge in [-0.2, -0.15) is 4.98 Å². The van der Waals surface area contributed by atoms with Gasteiger partial charge in [-0.1, -0.05) is 12.1 Å².